The summed E-state index contributed by atoms with van der Waals surface area (Å²) in [7, 11) is 0. The van der Waals surface area contributed by atoms with E-state index < -0.39 is 5.97 Å². The number of carbonyl (C=O) groups excluding carboxylic acids is 2. The van der Waals surface area contributed by atoms with Crippen LogP contribution in [0.2, 0.25) is 0 Å². The predicted octanol–water partition coefficient (Wildman–Crippen LogP) is 2.15. The van der Waals surface area contributed by atoms with Crippen molar-refractivity contribution in [2.45, 2.75) is 33.3 Å². The molecular formula is C14H18O4. The van der Waals surface area contributed by atoms with Gasteiger partial charge in [0.2, 0.25) is 0 Å². The molecule has 0 N–H and O–H groups in total. The van der Waals surface area contributed by atoms with Crippen LogP contribution in [0.15, 0.2) is 24.3 Å². The molecule has 0 aliphatic carbocycles. The van der Waals surface area contributed by atoms with Crippen LogP contribution in [0.3, 0.4) is 0 Å². The number of hydrogen-bond acceptors (Lipinski definition) is 4. The van der Waals surface area contributed by atoms with Gasteiger partial charge in [-0.1, -0.05) is 12.1 Å². The molecule has 0 aliphatic heterocycles. The number of Topliss-reactive ketones (excluding diaryl/α,β-unsaturated/α-hetero) is 1. The average molecular weight is 250 g/mol. The van der Waals surface area contributed by atoms with Crippen LogP contribution >= 0.6 is 0 Å². The summed E-state index contributed by atoms with van der Waals surface area (Å²) in [5.74, 6) is 0.147. The quantitative estimate of drug-likeness (QED) is 0.726. The van der Waals surface area contributed by atoms with Crippen LogP contribution in [0.25, 0.3) is 0 Å². The maximum absolute atomic E-state index is 11.4. The lowest BCUT2D eigenvalue weighted by Crippen LogP contribution is -2.13. The summed E-state index contributed by atoms with van der Waals surface area (Å²) in [5.41, 5.74) is 0.807. The van der Waals surface area contributed by atoms with E-state index in [1.54, 1.807) is 6.07 Å². The molecule has 18 heavy (non-hydrogen) atoms. The van der Waals surface area contributed by atoms with E-state index in [4.69, 9.17) is 9.47 Å². The highest BCUT2D eigenvalue weighted by atomic mass is 16.5. The van der Waals surface area contributed by atoms with Crippen LogP contribution in [0.5, 0.6) is 5.75 Å². The van der Waals surface area contributed by atoms with Crippen molar-refractivity contribution in [2.75, 3.05) is 6.61 Å². The van der Waals surface area contributed by atoms with Gasteiger partial charge in [-0.15, -0.1) is 0 Å². The van der Waals surface area contributed by atoms with E-state index in [9.17, 15) is 9.59 Å². The third-order valence-electron chi connectivity index (χ3n) is 2.06. The largest absolute Gasteiger partial charge is 0.491 e. The Kier molecular flexibility index (Phi) is 5.36. The molecule has 0 aromatic heterocycles. The Bertz CT molecular complexity index is 424. The zero-order valence-corrected chi connectivity index (χ0v) is 10.9. The lowest BCUT2D eigenvalue weighted by Gasteiger charge is -2.10. The predicted molar refractivity (Wildman–Crippen MR) is 67.6 cm³/mol. The van der Waals surface area contributed by atoms with Crippen LogP contribution in [0.4, 0.5) is 0 Å². The van der Waals surface area contributed by atoms with Crippen LogP contribution in [0.1, 0.15) is 26.3 Å². The first kappa shape index (κ1) is 14.2. The van der Waals surface area contributed by atoms with E-state index in [0.717, 1.165) is 11.3 Å². The summed E-state index contributed by atoms with van der Waals surface area (Å²) >= 11 is 0. The topological polar surface area (TPSA) is 52.6 Å². The third-order valence-corrected chi connectivity index (χ3v) is 2.06. The summed E-state index contributed by atoms with van der Waals surface area (Å²) in [5, 5.41) is 0. The Morgan fingerprint density at radius 1 is 1.28 bits per heavy atom. The highest BCUT2D eigenvalue weighted by Gasteiger charge is 2.07. The Morgan fingerprint density at radius 3 is 2.61 bits per heavy atom. The smallest absolute Gasteiger partial charge is 0.310 e. The van der Waals surface area contributed by atoms with Crippen LogP contribution in [0, 0.1) is 0 Å². The molecule has 4 nitrogen and oxygen atoms in total. The van der Waals surface area contributed by atoms with Gasteiger partial charge < -0.3 is 9.47 Å². The minimum atomic E-state index is -0.410. The monoisotopic (exact) mass is 250 g/mol. The normalized spacial score (nSPS) is 10.2. The first-order valence-corrected chi connectivity index (χ1v) is 5.88. The number of carbonyl (C=O) groups is 2. The zero-order chi connectivity index (χ0) is 13.5. The lowest BCUT2D eigenvalue weighted by molar-refractivity contribution is -0.146. The van der Waals surface area contributed by atoms with Crippen LogP contribution in [-0.2, 0) is 20.7 Å². The molecule has 0 saturated carbocycles. The fourth-order valence-corrected chi connectivity index (χ4v) is 1.40. The van der Waals surface area contributed by atoms with Crippen molar-refractivity contribution in [3.63, 3.8) is 0 Å². The van der Waals surface area contributed by atoms with E-state index in [2.05, 4.69) is 0 Å². The molecule has 98 valence electrons. The van der Waals surface area contributed by atoms with Crippen molar-refractivity contribution in [2.24, 2.45) is 0 Å². The molecule has 0 fully saturated rings. The third kappa shape index (κ3) is 5.48. The van der Waals surface area contributed by atoms with Gasteiger partial charge in [-0.2, -0.15) is 0 Å². The molecule has 0 unspecified atom stereocenters. The number of ketones is 1. The van der Waals surface area contributed by atoms with E-state index >= 15 is 0 Å². The first-order valence-electron chi connectivity index (χ1n) is 5.88. The molecule has 1 rings (SSSR count). The maximum Gasteiger partial charge on any atom is 0.310 e. The Morgan fingerprint density at radius 2 is 2.00 bits per heavy atom. The Labute approximate surface area is 107 Å². The van der Waals surface area contributed by atoms with Crippen LogP contribution < -0.4 is 4.74 Å². The molecule has 0 atom stereocenters. The highest BCUT2D eigenvalue weighted by Crippen LogP contribution is 2.15. The summed E-state index contributed by atoms with van der Waals surface area (Å²) in [6.07, 6.45) is 0.229. The van der Waals surface area contributed by atoms with E-state index in [1.165, 1.54) is 6.92 Å². The zero-order valence-electron chi connectivity index (χ0n) is 10.9. The molecule has 0 bridgehead atoms. The Hall–Kier alpha value is -1.84. The van der Waals surface area contributed by atoms with Gasteiger partial charge in [0, 0.05) is 0 Å². The second kappa shape index (κ2) is 6.79. The van der Waals surface area contributed by atoms with Gasteiger partial charge in [-0.25, -0.2) is 0 Å². The van der Waals surface area contributed by atoms with Crippen molar-refractivity contribution < 1.29 is 19.1 Å². The fraction of sp³-hybridized carbons (Fsp3) is 0.429. The lowest BCUT2D eigenvalue weighted by atomic mass is 10.1. The molecule has 0 amide bonds. The van der Waals surface area contributed by atoms with Crippen LogP contribution in [-0.4, -0.2) is 24.5 Å². The standard InChI is InChI=1S/C14H18O4/c1-10(2)18-13-6-4-5-12(7-13)8-14(16)17-9-11(3)15/h4-7,10H,8-9H2,1-3H3. The summed E-state index contributed by atoms with van der Waals surface area (Å²) in [6, 6.07) is 7.28. The number of ether oxygens (including phenoxy) is 2. The number of rotatable bonds is 6. The summed E-state index contributed by atoms with van der Waals surface area (Å²) in [4.78, 5) is 22.1. The molecule has 1 aromatic carbocycles. The molecule has 0 radical (unpaired) electrons. The summed E-state index contributed by atoms with van der Waals surface area (Å²) in [6.45, 7) is 5.09. The SMILES string of the molecule is CC(=O)COC(=O)Cc1cccc(OC(C)C)c1. The second-order valence-electron chi connectivity index (χ2n) is 4.35. The molecule has 4 heteroatoms. The van der Waals surface area contributed by atoms with Crippen molar-refractivity contribution in [3.8, 4) is 5.75 Å². The Balaban J connectivity index is 2.56. The number of hydrogen-bond donors (Lipinski definition) is 0. The molecule has 1 aromatic rings. The van der Waals surface area contributed by atoms with Gasteiger partial charge in [0.25, 0.3) is 0 Å². The van der Waals surface area contributed by atoms with Gasteiger partial charge >= 0.3 is 5.97 Å². The molecule has 0 spiro atoms. The van der Waals surface area contributed by atoms with Crippen molar-refractivity contribution >= 4 is 11.8 Å². The van der Waals surface area contributed by atoms with Crippen molar-refractivity contribution in [1.82, 2.24) is 0 Å². The fourth-order valence-electron chi connectivity index (χ4n) is 1.40. The van der Waals surface area contributed by atoms with E-state index in [0.29, 0.717) is 0 Å². The van der Waals surface area contributed by atoms with Gasteiger partial charge in [0.1, 0.15) is 12.4 Å². The van der Waals surface area contributed by atoms with Crippen molar-refractivity contribution in [3.05, 3.63) is 29.8 Å². The minimum absolute atomic E-state index is 0.0879. The van der Waals surface area contributed by atoms with E-state index in [-0.39, 0.29) is 24.9 Å². The molecule has 0 saturated heterocycles. The molecular weight excluding hydrogens is 232 g/mol. The van der Waals surface area contributed by atoms with Gasteiger partial charge in [-0.3, -0.25) is 9.59 Å². The highest BCUT2D eigenvalue weighted by molar-refractivity contribution is 5.80. The maximum atomic E-state index is 11.4. The van der Waals surface area contributed by atoms with Gasteiger partial charge in [0.15, 0.2) is 5.78 Å². The number of benzene rings is 1. The van der Waals surface area contributed by atoms with Gasteiger partial charge in [0.05, 0.1) is 12.5 Å². The second-order valence-corrected chi connectivity index (χ2v) is 4.35. The van der Waals surface area contributed by atoms with Gasteiger partial charge in [-0.05, 0) is 38.5 Å². The average Bonchev–Trinajstić information content (AvgIpc) is 2.26. The minimum Gasteiger partial charge on any atom is -0.491 e. The van der Waals surface area contributed by atoms with E-state index in [1.807, 2.05) is 32.0 Å². The number of esters is 1. The van der Waals surface area contributed by atoms with Crippen molar-refractivity contribution in [1.29, 1.82) is 0 Å². The molecule has 0 heterocycles. The summed E-state index contributed by atoms with van der Waals surface area (Å²) < 4.78 is 10.3. The first-order chi connectivity index (χ1) is 8.47. The molecule has 0 aliphatic rings.